The fraction of sp³-hybridized carbons (Fsp3) is 0.613. The maximum absolute atomic E-state index is 14.6. The van der Waals surface area contributed by atoms with Gasteiger partial charge in [-0.3, -0.25) is 111 Å². The van der Waals surface area contributed by atoms with Gasteiger partial charge in [0, 0.05) is 45.1 Å². The van der Waals surface area contributed by atoms with Crippen LogP contribution in [0.5, 0.6) is 0 Å². The van der Waals surface area contributed by atoms with Crippen molar-refractivity contribution in [2.24, 2.45) is 40.7 Å². The number of primary amides is 1. The van der Waals surface area contributed by atoms with Crippen LogP contribution in [0.4, 0.5) is 0 Å². The molecule has 0 aliphatic heterocycles. The van der Waals surface area contributed by atoms with Crippen molar-refractivity contribution in [1.29, 1.82) is 5.41 Å². The Morgan fingerprint density at radius 2 is 0.651 bits per heavy atom. The number of guanidine groups is 1. The first-order valence-electron chi connectivity index (χ1n) is 48.2. The molecule has 2 aromatic carbocycles. The number of nitrogens with two attached hydrogens (primary N) is 4. The second-order valence-electron chi connectivity index (χ2n) is 36.6. The number of hydrogen-bond donors (Lipinski definition) is 32. The molecule has 0 aliphatic carbocycles. The fourth-order valence-corrected chi connectivity index (χ4v) is 14.8. The van der Waals surface area contributed by atoms with Gasteiger partial charge in [0.15, 0.2) is 5.96 Å². The zero-order valence-corrected chi connectivity index (χ0v) is 85.5. The Balaban J connectivity index is 2.52. The highest BCUT2D eigenvalue weighted by Gasteiger charge is 2.42. The summed E-state index contributed by atoms with van der Waals surface area (Å²) in [6.07, 6.45) is -10.5. The van der Waals surface area contributed by atoms with Crippen LogP contribution in [0.15, 0.2) is 60.7 Å². The summed E-state index contributed by atoms with van der Waals surface area (Å²) < 4.78 is 0. The molecule has 18 amide bonds. The molecule has 55 nitrogen and oxygen atoms in total. The minimum atomic E-state index is -2.15. The zero-order chi connectivity index (χ0) is 113. The summed E-state index contributed by atoms with van der Waals surface area (Å²) in [7, 11) is 0. The van der Waals surface area contributed by atoms with Crippen LogP contribution in [0.3, 0.4) is 0 Å². The standard InChI is InChI=1S/C93H147N23O32S/c1-45(2)38-60(83(138)112-64(92(147)148)41-52-22-15-12-16-23-52)108-78(133)54(25-19-36-99-93(97)98)107-90(145)73(47(5)6)115-75(130)48(7)100-76(131)56(27-31-68(122)123)103-80(135)57(28-32-69(124)125)104-81(136)58(29-33-70(126)127)105-82(137)59(34-37-149-10)106-79(134)55(26-30-67(95)121)102-77(132)53(24-17-18-35-94)101-87(142)65(43-117)113-84(139)61(39-46(3)4)109-85(140)63(42-71(128)129)110-88(143)66(44-118)114-91(146)74(50(9)120)116-86(141)62(40-51-20-13-11-14-21-51)111-89(144)72(96)49(8)119/h11-16,20-23,45-50,53-66,72-74,117-120H,17-19,24-44,94,96H2,1-10H3,(H2,95,121)(H,100,131)(H,101,142)(H,102,132)(H,103,135)(H,104,136)(H,105,137)(H,106,134)(H,107,145)(H,108,133)(H,109,140)(H,110,143)(H,111,144)(H,112,138)(H,113,139)(H,114,146)(H,115,130)(H,116,141)(H,122,123)(H,124,125)(H,126,127)(H,128,129)(H,147,148)(H4,97,98,99)/t48-,49+,50+,53-,54-,55-,56-,57-,58-,59-,60-,61-,62-,63-,64-,65-,66-,72-,73-,74-/m0/s1. The SMILES string of the molecule is CSCC[C@H](NC(=O)[C@H](CCC(N)=O)NC(=O)[C@H](CCCCN)NC(=O)[C@H](CO)NC(=O)[C@H](CC(C)C)NC(=O)[C@H](CC(=O)O)NC(=O)[C@H](CO)NC(=O)[C@@H](NC(=O)[C@H](Cc1ccccc1)NC(=O)[C@@H](N)[C@@H](C)O)[C@@H](C)O)C(=O)N[C@@H](CCC(=O)O)C(=O)N[C@@H](CCC(=O)O)C(=O)N[C@@H](CCC(=O)O)C(=O)N[C@@H](C)C(=O)N[C@H](C(=O)N[C@@H](CCCNC(=N)N)C(=O)N[C@@H](CC(C)C)C(=O)N[C@@H](Cc1ccccc1)C(=O)O)C(C)C. The number of carboxylic acid groups (broad SMARTS) is 5. The van der Waals surface area contributed by atoms with E-state index in [2.05, 4.69) is 95.7 Å². The van der Waals surface area contributed by atoms with E-state index in [-0.39, 0.29) is 89.0 Å². The third kappa shape index (κ3) is 50.7. The van der Waals surface area contributed by atoms with Gasteiger partial charge in [0.25, 0.3) is 0 Å². The number of carbonyl (C=O) groups is 23. The second kappa shape index (κ2) is 68.2. The lowest BCUT2D eigenvalue weighted by molar-refractivity contribution is -0.142. The Labute approximate surface area is 863 Å². The van der Waals surface area contributed by atoms with Crippen molar-refractivity contribution in [3.05, 3.63) is 71.8 Å². The number of hydrogen-bond acceptors (Lipinski definition) is 31. The number of carboxylic acids is 5. The maximum Gasteiger partial charge on any atom is 0.326 e. The predicted molar refractivity (Wildman–Crippen MR) is 532 cm³/mol. The lowest BCUT2D eigenvalue weighted by atomic mass is 9.99. The van der Waals surface area contributed by atoms with E-state index in [0.717, 1.165) is 25.6 Å². The normalized spacial score (nSPS) is 15.2. The highest BCUT2D eigenvalue weighted by molar-refractivity contribution is 7.98. The van der Waals surface area contributed by atoms with Crippen LogP contribution in [-0.4, -0.2) is 347 Å². The quantitative estimate of drug-likeness (QED) is 0.0166. The molecule has 0 unspecified atom stereocenters. The van der Waals surface area contributed by atoms with Gasteiger partial charge in [-0.25, -0.2) is 4.79 Å². The number of aliphatic carboxylic acids is 5. The summed E-state index contributed by atoms with van der Waals surface area (Å²) in [5.74, 6) is -31.3. The molecule has 0 saturated carbocycles. The van der Waals surface area contributed by atoms with E-state index in [0.29, 0.717) is 11.1 Å². The van der Waals surface area contributed by atoms with Crippen molar-refractivity contribution in [3.63, 3.8) is 0 Å². The average Bonchev–Trinajstić information content (AvgIpc) is 0.857. The molecule has 0 radical (unpaired) electrons. The number of thioether (sulfide) groups is 1. The van der Waals surface area contributed by atoms with Crippen molar-refractivity contribution in [1.82, 2.24) is 95.7 Å². The first-order valence-corrected chi connectivity index (χ1v) is 49.6. The van der Waals surface area contributed by atoms with Gasteiger partial charge in [-0.1, -0.05) is 102 Å². The highest BCUT2D eigenvalue weighted by atomic mass is 32.2. The van der Waals surface area contributed by atoms with E-state index >= 15 is 0 Å². The first-order chi connectivity index (χ1) is 70.0. The van der Waals surface area contributed by atoms with Gasteiger partial charge in [-0.15, -0.1) is 0 Å². The van der Waals surface area contributed by atoms with E-state index in [1.807, 2.05) is 0 Å². The van der Waals surface area contributed by atoms with Gasteiger partial charge in [0.1, 0.15) is 109 Å². The molecule has 0 aliphatic rings. The summed E-state index contributed by atoms with van der Waals surface area (Å²) in [4.78, 5) is 314. The maximum atomic E-state index is 14.6. The first kappa shape index (κ1) is 131. The van der Waals surface area contributed by atoms with E-state index in [9.17, 15) is 156 Å². The Morgan fingerprint density at radius 3 is 1.01 bits per heavy atom. The number of nitrogens with one attached hydrogen (secondary N) is 19. The Morgan fingerprint density at radius 1 is 0.336 bits per heavy atom. The van der Waals surface area contributed by atoms with E-state index < -0.39 is 346 Å². The lowest BCUT2D eigenvalue weighted by Crippen LogP contribution is -2.63. The van der Waals surface area contributed by atoms with Crippen LogP contribution < -0.4 is 119 Å². The topological polar surface area (TPSA) is 919 Å². The average molecular weight is 2130 g/mol. The Bertz CT molecular complexity index is 4850. The number of rotatable bonds is 73. The van der Waals surface area contributed by atoms with Gasteiger partial charge in [0.05, 0.1) is 31.8 Å². The molecule has 0 heterocycles. The molecule has 832 valence electrons. The van der Waals surface area contributed by atoms with Gasteiger partial charge >= 0.3 is 29.8 Å². The van der Waals surface area contributed by atoms with Crippen molar-refractivity contribution in [2.45, 2.75) is 305 Å². The molecule has 0 fully saturated rings. The number of amides is 18. The summed E-state index contributed by atoms with van der Waals surface area (Å²) >= 11 is 1.11. The summed E-state index contributed by atoms with van der Waals surface area (Å²) in [6.45, 7) is 10.4. The molecule has 2 aromatic rings. The van der Waals surface area contributed by atoms with Gasteiger partial charge < -0.3 is 165 Å². The van der Waals surface area contributed by atoms with Crippen LogP contribution in [-0.2, 0) is 123 Å². The lowest BCUT2D eigenvalue weighted by Gasteiger charge is -2.29. The molecule has 0 bridgehead atoms. The second-order valence-corrected chi connectivity index (χ2v) is 37.6. The van der Waals surface area contributed by atoms with Gasteiger partial charge in [-0.05, 0) is 145 Å². The molecular weight excluding hydrogens is 1980 g/mol. The largest absolute Gasteiger partial charge is 0.481 e. The smallest absolute Gasteiger partial charge is 0.326 e. The van der Waals surface area contributed by atoms with Crippen molar-refractivity contribution >= 4 is 154 Å². The number of carbonyl (C=O) groups excluding carboxylic acids is 18. The van der Waals surface area contributed by atoms with E-state index in [1.165, 1.54) is 20.8 Å². The molecule has 149 heavy (non-hydrogen) atoms. The number of aliphatic hydroxyl groups is 4. The molecule has 0 spiro atoms. The van der Waals surface area contributed by atoms with Crippen LogP contribution in [0.2, 0.25) is 0 Å². The fourth-order valence-electron chi connectivity index (χ4n) is 14.4. The highest BCUT2D eigenvalue weighted by Crippen LogP contribution is 2.18. The predicted octanol–water partition coefficient (Wildman–Crippen LogP) is -8.88. The van der Waals surface area contributed by atoms with Crippen molar-refractivity contribution in [3.8, 4) is 0 Å². The minimum Gasteiger partial charge on any atom is -0.481 e. The van der Waals surface area contributed by atoms with Crippen LogP contribution in [0.1, 0.15) is 183 Å². The van der Waals surface area contributed by atoms with E-state index in [1.54, 1.807) is 94.6 Å². The third-order valence-corrected chi connectivity index (χ3v) is 23.3. The summed E-state index contributed by atoms with van der Waals surface area (Å²) in [6, 6.07) is -15.4. The monoisotopic (exact) mass is 2130 g/mol. The van der Waals surface area contributed by atoms with Gasteiger partial charge in [0.2, 0.25) is 106 Å². The molecule has 2 rings (SSSR count). The number of unbranched alkanes of at least 4 members (excludes halogenated alkanes) is 1. The van der Waals surface area contributed by atoms with Crippen LogP contribution >= 0.6 is 11.8 Å². The minimum absolute atomic E-state index is 0.00654. The van der Waals surface area contributed by atoms with Crippen LogP contribution in [0.25, 0.3) is 0 Å². The molecule has 20 atom stereocenters. The van der Waals surface area contributed by atoms with E-state index in [4.69, 9.17) is 28.3 Å². The molecule has 56 heteroatoms. The zero-order valence-electron chi connectivity index (χ0n) is 84.7. The Hall–Kier alpha value is -14.4. The molecule has 36 N–H and O–H groups in total. The Kier molecular flexibility index (Phi) is 59.8. The molecule has 0 aromatic heterocycles. The van der Waals surface area contributed by atoms with Gasteiger partial charge in [-0.2, -0.15) is 11.8 Å². The number of benzene rings is 2. The third-order valence-electron chi connectivity index (χ3n) is 22.6. The number of aliphatic hydroxyl groups excluding tert-OH is 4. The summed E-state index contributed by atoms with van der Waals surface area (Å²) in [5, 5.41) is 141. The molecule has 0 saturated heterocycles. The van der Waals surface area contributed by atoms with Crippen LogP contribution in [0, 0.1) is 23.2 Å². The van der Waals surface area contributed by atoms with Crippen molar-refractivity contribution < 1.29 is 156 Å². The molecular formula is C93H147N23O32S. The summed E-state index contributed by atoms with van der Waals surface area (Å²) in [5.41, 5.74) is 23.6. The van der Waals surface area contributed by atoms with Crippen molar-refractivity contribution in [2.75, 3.05) is 38.3 Å².